The van der Waals surface area contributed by atoms with Gasteiger partial charge < -0.3 is 0 Å². The van der Waals surface area contributed by atoms with E-state index in [9.17, 15) is 0 Å². The van der Waals surface area contributed by atoms with Crippen LogP contribution in [0.5, 0.6) is 0 Å². The largest absolute Gasteiger partial charge is 0.298 e. The van der Waals surface area contributed by atoms with Crippen molar-refractivity contribution in [3.63, 3.8) is 0 Å². The molecule has 102 valence electrons. The highest BCUT2D eigenvalue weighted by molar-refractivity contribution is 7.18. The molecule has 3 rings (SSSR count). The van der Waals surface area contributed by atoms with Crippen LogP contribution in [0.2, 0.25) is 0 Å². The van der Waals surface area contributed by atoms with Crippen molar-refractivity contribution in [1.29, 1.82) is 0 Å². The third-order valence-corrected chi connectivity index (χ3v) is 3.69. The summed E-state index contributed by atoms with van der Waals surface area (Å²) in [4.78, 5) is 0. The first kappa shape index (κ1) is 14.5. The molecule has 0 atom stereocenters. The summed E-state index contributed by atoms with van der Waals surface area (Å²) in [5, 5.41) is 9.48. The molecule has 1 heterocycles. The molecular formula is C14H13ClN4S. The summed E-state index contributed by atoms with van der Waals surface area (Å²) in [5.41, 5.74) is 5.93. The van der Waals surface area contributed by atoms with Crippen molar-refractivity contribution in [2.45, 2.75) is 0 Å². The molecule has 0 aliphatic rings. The maximum atomic E-state index is 5.30. The second-order valence-electron chi connectivity index (χ2n) is 4.00. The Bertz CT molecular complexity index is 667. The average molecular weight is 305 g/mol. The number of benzene rings is 2. The van der Waals surface area contributed by atoms with Crippen LogP contribution in [-0.2, 0) is 0 Å². The standard InChI is InChI=1S/C14H12N4S.ClH/c15-16-14-18-17-13(19-14)12-8-6-11(7-9-12)10-4-2-1-3-5-10;/h1-9H,15H2,(H,16,18);1H. The van der Waals surface area contributed by atoms with Crippen molar-refractivity contribution in [3.8, 4) is 21.7 Å². The van der Waals surface area contributed by atoms with E-state index in [-0.39, 0.29) is 12.4 Å². The minimum atomic E-state index is 0. The number of hydrogen-bond acceptors (Lipinski definition) is 5. The number of nitrogens with two attached hydrogens (primary N) is 1. The Balaban J connectivity index is 0.00000147. The Morgan fingerprint density at radius 2 is 1.40 bits per heavy atom. The molecule has 20 heavy (non-hydrogen) atoms. The van der Waals surface area contributed by atoms with Crippen LogP contribution in [0, 0.1) is 0 Å². The zero-order valence-corrected chi connectivity index (χ0v) is 12.1. The highest BCUT2D eigenvalue weighted by Gasteiger charge is 2.05. The Kier molecular flexibility index (Phi) is 4.68. The van der Waals surface area contributed by atoms with E-state index in [4.69, 9.17) is 5.84 Å². The molecule has 0 unspecified atom stereocenters. The monoisotopic (exact) mass is 304 g/mol. The Morgan fingerprint density at radius 3 is 2.00 bits per heavy atom. The number of halogens is 1. The maximum absolute atomic E-state index is 5.30. The lowest BCUT2D eigenvalue weighted by atomic mass is 10.0. The highest BCUT2D eigenvalue weighted by Crippen LogP contribution is 2.28. The van der Waals surface area contributed by atoms with Crippen molar-refractivity contribution in [2.24, 2.45) is 5.84 Å². The van der Waals surface area contributed by atoms with Gasteiger partial charge in [-0.1, -0.05) is 65.9 Å². The second-order valence-corrected chi connectivity index (χ2v) is 4.98. The molecule has 3 aromatic rings. The lowest BCUT2D eigenvalue weighted by Crippen LogP contribution is -2.05. The van der Waals surface area contributed by atoms with Gasteiger partial charge in [-0.25, -0.2) is 5.84 Å². The predicted octanol–water partition coefficient (Wildman–Crippen LogP) is 3.58. The highest BCUT2D eigenvalue weighted by atomic mass is 35.5. The number of aromatic nitrogens is 2. The van der Waals surface area contributed by atoms with Gasteiger partial charge in [0, 0.05) is 5.56 Å². The van der Waals surface area contributed by atoms with E-state index in [1.807, 2.05) is 30.3 Å². The van der Waals surface area contributed by atoms with Gasteiger partial charge in [0.25, 0.3) is 0 Å². The molecule has 0 saturated heterocycles. The maximum Gasteiger partial charge on any atom is 0.220 e. The van der Waals surface area contributed by atoms with Gasteiger partial charge in [0.1, 0.15) is 5.01 Å². The number of anilines is 1. The van der Waals surface area contributed by atoms with Gasteiger partial charge in [0.15, 0.2) is 0 Å². The van der Waals surface area contributed by atoms with Crippen LogP contribution < -0.4 is 11.3 Å². The number of nitrogens with zero attached hydrogens (tertiary/aromatic N) is 2. The molecule has 0 amide bonds. The van der Waals surface area contributed by atoms with E-state index in [1.54, 1.807) is 0 Å². The van der Waals surface area contributed by atoms with Crippen molar-refractivity contribution >= 4 is 28.9 Å². The summed E-state index contributed by atoms with van der Waals surface area (Å²) >= 11 is 1.43. The van der Waals surface area contributed by atoms with Gasteiger partial charge in [-0.15, -0.1) is 22.6 Å². The lowest BCUT2D eigenvalue weighted by Gasteiger charge is -2.02. The minimum absolute atomic E-state index is 0. The normalized spacial score (nSPS) is 9.85. The summed E-state index contributed by atoms with van der Waals surface area (Å²) in [5.74, 6) is 5.30. The number of hydrogen-bond donors (Lipinski definition) is 2. The van der Waals surface area contributed by atoms with Gasteiger partial charge in [0.05, 0.1) is 0 Å². The van der Waals surface area contributed by atoms with Crippen LogP contribution in [0.4, 0.5) is 5.13 Å². The Morgan fingerprint density at radius 1 is 0.800 bits per heavy atom. The van der Waals surface area contributed by atoms with Crippen LogP contribution in [0.3, 0.4) is 0 Å². The molecule has 0 spiro atoms. The minimum Gasteiger partial charge on any atom is -0.298 e. The van der Waals surface area contributed by atoms with Gasteiger partial charge in [-0.2, -0.15) is 0 Å². The number of hydrazine groups is 1. The van der Waals surface area contributed by atoms with Gasteiger partial charge in [0.2, 0.25) is 5.13 Å². The van der Waals surface area contributed by atoms with Crippen LogP contribution >= 0.6 is 23.7 Å². The third-order valence-electron chi connectivity index (χ3n) is 2.79. The van der Waals surface area contributed by atoms with Gasteiger partial charge in [-0.3, -0.25) is 5.43 Å². The summed E-state index contributed by atoms with van der Waals surface area (Å²) < 4.78 is 0. The molecule has 0 aliphatic carbocycles. The van der Waals surface area contributed by atoms with E-state index < -0.39 is 0 Å². The predicted molar refractivity (Wildman–Crippen MR) is 85.8 cm³/mol. The van der Waals surface area contributed by atoms with Crippen LogP contribution in [0.1, 0.15) is 0 Å². The van der Waals surface area contributed by atoms with Crippen LogP contribution in [0.15, 0.2) is 54.6 Å². The summed E-state index contributed by atoms with van der Waals surface area (Å²) in [6, 6.07) is 18.5. The van der Waals surface area contributed by atoms with Crippen LogP contribution in [0.25, 0.3) is 21.7 Å². The van der Waals surface area contributed by atoms with E-state index >= 15 is 0 Å². The quantitative estimate of drug-likeness (QED) is 0.573. The van der Waals surface area contributed by atoms with E-state index in [2.05, 4.69) is 39.9 Å². The van der Waals surface area contributed by atoms with Crippen molar-refractivity contribution in [3.05, 3.63) is 54.6 Å². The fourth-order valence-corrected chi connectivity index (χ4v) is 2.49. The molecule has 0 bridgehead atoms. The zero-order valence-electron chi connectivity index (χ0n) is 10.5. The lowest BCUT2D eigenvalue weighted by molar-refractivity contribution is 1.08. The fourth-order valence-electron chi connectivity index (χ4n) is 1.83. The number of nitrogen functional groups attached to an aromatic ring is 1. The molecule has 0 saturated carbocycles. The Labute approximate surface area is 127 Å². The summed E-state index contributed by atoms with van der Waals surface area (Å²) in [7, 11) is 0. The third kappa shape index (κ3) is 2.96. The van der Waals surface area contributed by atoms with Gasteiger partial charge >= 0.3 is 0 Å². The molecular weight excluding hydrogens is 292 g/mol. The molecule has 0 fully saturated rings. The topological polar surface area (TPSA) is 63.8 Å². The second kappa shape index (κ2) is 6.47. The average Bonchev–Trinajstić information content (AvgIpc) is 2.97. The molecule has 6 heteroatoms. The summed E-state index contributed by atoms with van der Waals surface area (Å²) in [6.45, 7) is 0. The molecule has 1 aromatic heterocycles. The zero-order chi connectivity index (χ0) is 13.1. The number of nitrogens with one attached hydrogen (secondary N) is 1. The Hall–Kier alpha value is -1.95. The molecule has 3 N–H and O–H groups in total. The smallest absolute Gasteiger partial charge is 0.220 e. The van der Waals surface area contributed by atoms with Crippen molar-refractivity contribution in [1.82, 2.24) is 10.2 Å². The van der Waals surface area contributed by atoms with Crippen LogP contribution in [-0.4, -0.2) is 10.2 Å². The molecule has 4 nitrogen and oxygen atoms in total. The van der Waals surface area contributed by atoms with Gasteiger partial charge in [-0.05, 0) is 11.1 Å². The molecule has 0 aliphatic heterocycles. The molecule has 0 radical (unpaired) electrons. The van der Waals surface area contributed by atoms with E-state index in [0.717, 1.165) is 10.6 Å². The first-order valence-corrected chi connectivity index (χ1v) is 6.64. The van der Waals surface area contributed by atoms with E-state index in [0.29, 0.717) is 5.13 Å². The molecule has 2 aromatic carbocycles. The van der Waals surface area contributed by atoms with Crippen molar-refractivity contribution < 1.29 is 0 Å². The fraction of sp³-hybridized carbons (Fsp3) is 0. The van der Waals surface area contributed by atoms with E-state index in [1.165, 1.54) is 22.5 Å². The SMILES string of the molecule is Cl.NNc1nnc(-c2ccc(-c3ccccc3)cc2)s1. The summed E-state index contributed by atoms with van der Waals surface area (Å²) in [6.07, 6.45) is 0. The first-order valence-electron chi connectivity index (χ1n) is 5.83. The number of rotatable bonds is 3. The first-order chi connectivity index (χ1) is 9.36. The van der Waals surface area contributed by atoms with Crippen molar-refractivity contribution in [2.75, 3.05) is 5.43 Å².